The van der Waals surface area contributed by atoms with Crippen LogP contribution in [0, 0.1) is 0 Å². The van der Waals surface area contributed by atoms with Crippen LogP contribution >= 0.6 is 0 Å². The number of rotatable bonds is 5. The molecule has 0 aromatic heterocycles. The second-order valence-corrected chi connectivity index (χ2v) is 3.34. The second-order valence-electron chi connectivity index (χ2n) is 3.34. The zero-order valence-electron chi connectivity index (χ0n) is 9.23. The van der Waals surface area contributed by atoms with Crippen molar-refractivity contribution >= 4 is 11.8 Å². The molecule has 84 valence electrons. The van der Waals surface area contributed by atoms with E-state index < -0.39 is 5.97 Å². The molecule has 3 heteroatoms. The summed E-state index contributed by atoms with van der Waals surface area (Å²) in [4.78, 5) is 22.5. The molecular formula is C13H14O3. The molecule has 0 fully saturated rings. The van der Waals surface area contributed by atoms with Gasteiger partial charge in [-0.2, -0.15) is 0 Å². The van der Waals surface area contributed by atoms with Gasteiger partial charge in [-0.1, -0.05) is 25.6 Å². The third-order valence-electron chi connectivity index (χ3n) is 2.18. The normalized spacial score (nSPS) is 9.56. The first-order valence-corrected chi connectivity index (χ1v) is 5.10. The van der Waals surface area contributed by atoms with Crippen molar-refractivity contribution in [1.82, 2.24) is 0 Å². The zero-order valence-corrected chi connectivity index (χ0v) is 9.23. The van der Waals surface area contributed by atoms with Crippen molar-refractivity contribution in [2.45, 2.75) is 19.8 Å². The average Bonchev–Trinajstić information content (AvgIpc) is 2.30. The number of benzene rings is 1. The van der Waals surface area contributed by atoms with Gasteiger partial charge in [-0.25, -0.2) is 4.79 Å². The van der Waals surface area contributed by atoms with Gasteiger partial charge in [0.05, 0.1) is 11.8 Å². The number of carbonyl (C=O) groups is 2. The molecule has 0 spiro atoms. The Morgan fingerprint density at radius 1 is 1.31 bits per heavy atom. The fourth-order valence-electron chi connectivity index (χ4n) is 1.26. The van der Waals surface area contributed by atoms with Crippen LogP contribution in [0.15, 0.2) is 37.1 Å². The van der Waals surface area contributed by atoms with Crippen LogP contribution in [0.1, 0.15) is 29.3 Å². The fraction of sp³-hybridized carbons (Fsp3) is 0.231. The summed E-state index contributed by atoms with van der Waals surface area (Å²) in [6.45, 7) is 5.14. The van der Waals surface area contributed by atoms with Crippen molar-refractivity contribution in [1.29, 1.82) is 0 Å². The maximum absolute atomic E-state index is 11.3. The lowest BCUT2D eigenvalue weighted by atomic mass is 10.1. The molecule has 0 aliphatic rings. The molecule has 0 atom stereocenters. The van der Waals surface area contributed by atoms with Crippen LogP contribution in [0.3, 0.4) is 0 Å². The highest BCUT2D eigenvalue weighted by atomic mass is 16.5. The van der Waals surface area contributed by atoms with Crippen LogP contribution in [-0.4, -0.2) is 11.8 Å². The van der Waals surface area contributed by atoms with Crippen LogP contribution in [0.2, 0.25) is 0 Å². The Bertz CT molecular complexity index is 390. The van der Waals surface area contributed by atoms with Gasteiger partial charge in [0.2, 0.25) is 0 Å². The molecule has 0 bridgehead atoms. The quantitative estimate of drug-likeness (QED) is 0.563. The molecule has 0 amide bonds. The second kappa shape index (κ2) is 5.85. The van der Waals surface area contributed by atoms with E-state index in [1.54, 1.807) is 24.3 Å². The molecule has 16 heavy (non-hydrogen) atoms. The third-order valence-corrected chi connectivity index (χ3v) is 2.18. The summed E-state index contributed by atoms with van der Waals surface area (Å²) in [6, 6.07) is 6.80. The van der Waals surface area contributed by atoms with Gasteiger partial charge in [0.15, 0.2) is 0 Å². The van der Waals surface area contributed by atoms with Crippen LogP contribution < -0.4 is 0 Å². The topological polar surface area (TPSA) is 43.4 Å². The van der Waals surface area contributed by atoms with Gasteiger partial charge in [0.1, 0.15) is 5.78 Å². The Hall–Kier alpha value is -1.90. The van der Waals surface area contributed by atoms with E-state index in [1.807, 2.05) is 6.92 Å². The largest absolute Gasteiger partial charge is 0.432 e. The molecule has 0 aliphatic heterocycles. The zero-order chi connectivity index (χ0) is 12.0. The highest BCUT2D eigenvalue weighted by molar-refractivity contribution is 5.90. The SMILES string of the molecule is C=COC(=O)c1ccc(CC(=O)CC)cc1. The molecule has 1 aromatic rings. The van der Waals surface area contributed by atoms with Crippen molar-refractivity contribution < 1.29 is 14.3 Å². The summed E-state index contributed by atoms with van der Waals surface area (Å²) in [7, 11) is 0. The molecule has 3 nitrogen and oxygen atoms in total. The van der Waals surface area contributed by atoms with Gasteiger partial charge in [-0.3, -0.25) is 4.79 Å². The van der Waals surface area contributed by atoms with Crippen LogP contribution in [0.4, 0.5) is 0 Å². The van der Waals surface area contributed by atoms with Gasteiger partial charge in [-0.05, 0) is 17.7 Å². The maximum atomic E-state index is 11.3. The van der Waals surface area contributed by atoms with Crippen LogP contribution in [-0.2, 0) is 16.0 Å². The average molecular weight is 218 g/mol. The predicted octanol–water partition coefficient (Wildman–Crippen LogP) is 2.51. The van der Waals surface area contributed by atoms with E-state index in [-0.39, 0.29) is 5.78 Å². The smallest absolute Gasteiger partial charge is 0.342 e. The Morgan fingerprint density at radius 2 is 1.94 bits per heavy atom. The lowest BCUT2D eigenvalue weighted by molar-refractivity contribution is -0.118. The van der Waals surface area contributed by atoms with E-state index in [2.05, 4.69) is 11.3 Å². The highest BCUT2D eigenvalue weighted by Crippen LogP contribution is 2.07. The number of Topliss-reactive ketones (excluding diaryl/α,β-unsaturated/α-hetero) is 1. The van der Waals surface area contributed by atoms with E-state index in [0.717, 1.165) is 11.8 Å². The van der Waals surface area contributed by atoms with Gasteiger partial charge in [0.25, 0.3) is 0 Å². The van der Waals surface area contributed by atoms with Crippen molar-refractivity contribution in [3.63, 3.8) is 0 Å². The molecule has 0 N–H and O–H groups in total. The predicted molar refractivity (Wildman–Crippen MR) is 61.1 cm³/mol. The standard InChI is InChI=1S/C13H14O3/c1-3-12(14)9-10-5-7-11(8-6-10)13(15)16-4-2/h4-8H,2-3,9H2,1H3. The molecule has 1 rings (SSSR count). The molecular weight excluding hydrogens is 204 g/mol. The summed E-state index contributed by atoms with van der Waals surface area (Å²) < 4.78 is 4.63. The number of ketones is 1. The lowest BCUT2D eigenvalue weighted by Gasteiger charge is -2.01. The fourth-order valence-corrected chi connectivity index (χ4v) is 1.26. The molecule has 1 aromatic carbocycles. The van der Waals surface area contributed by atoms with Crippen LogP contribution in [0.25, 0.3) is 0 Å². The summed E-state index contributed by atoms with van der Waals surface area (Å²) in [5, 5.41) is 0. The summed E-state index contributed by atoms with van der Waals surface area (Å²) in [6.07, 6.45) is 2.03. The van der Waals surface area contributed by atoms with Crippen molar-refractivity contribution in [3.8, 4) is 0 Å². The number of hydrogen-bond donors (Lipinski definition) is 0. The molecule has 0 radical (unpaired) electrons. The number of carbonyl (C=O) groups excluding carboxylic acids is 2. The summed E-state index contributed by atoms with van der Waals surface area (Å²) in [5.41, 5.74) is 1.36. The first-order valence-electron chi connectivity index (χ1n) is 5.10. The van der Waals surface area contributed by atoms with E-state index >= 15 is 0 Å². The molecule has 0 unspecified atom stereocenters. The van der Waals surface area contributed by atoms with Crippen molar-refractivity contribution in [3.05, 3.63) is 48.2 Å². The minimum atomic E-state index is -0.441. The molecule has 0 saturated carbocycles. The first-order chi connectivity index (χ1) is 7.67. The first kappa shape index (κ1) is 12.2. The maximum Gasteiger partial charge on any atom is 0.342 e. The van der Waals surface area contributed by atoms with Gasteiger partial charge < -0.3 is 4.74 Å². The Morgan fingerprint density at radius 3 is 2.44 bits per heavy atom. The van der Waals surface area contributed by atoms with Gasteiger partial charge in [0, 0.05) is 12.8 Å². The Labute approximate surface area is 94.7 Å². The van der Waals surface area contributed by atoms with Gasteiger partial charge >= 0.3 is 5.97 Å². The highest BCUT2D eigenvalue weighted by Gasteiger charge is 2.06. The summed E-state index contributed by atoms with van der Waals surface area (Å²) >= 11 is 0. The Kier molecular flexibility index (Phi) is 4.45. The van der Waals surface area contributed by atoms with E-state index in [4.69, 9.17) is 0 Å². The van der Waals surface area contributed by atoms with Crippen molar-refractivity contribution in [2.75, 3.05) is 0 Å². The van der Waals surface area contributed by atoms with E-state index in [1.165, 1.54) is 0 Å². The Balaban J connectivity index is 2.71. The third kappa shape index (κ3) is 3.35. The monoisotopic (exact) mass is 218 g/mol. The minimum Gasteiger partial charge on any atom is -0.432 e. The van der Waals surface area contributed by atoms with E-state index in [9.17, 15) is 9.59 Å². The van der Waals surface area contributed by atoms with E-state index in [0.29, 0.717) is 18.4 Å². The van der Waals surface area contributed by atoms with Gasteiger partial charge in [-0.15, -0.1) is 0 Å². The molecule has 0 saturated heterocycles. The molecule has 0 aliphatic carbocycles. The van der Waals surface area contributed by atoms with Crippen LogP contribution in [0.5, 0.6) is 0 Å². The minimum absolute atomic E-state index is 0.182. The number of hydrogen-bond acceptors (Lipinski definition) is 3. The number of ether oxygens (including phenoxy) is 1. The number of esters is 1. The van der Waals surface area contributed by atoms with Crippen molar-refractivity contribution in [2.24, 2.45) is 0 Å². The summed E-state index contributed by atoms with van der Waals surface area (Å²) in [5.74, 6) is -0.259. The lowest BCUT2D eigenvalue weighted by Crippen LogP contribution is -2.03. The molecule has 0 heterocycles.